The number of allylic oxidation sites excluding steroid dienone is 1. The zero-order valence-corrected chi connectivity index (χ0v) is 19.2. The van der Waals surface area contributed by atoms with Crippen LogP contribution >= 0.6 is 0 Å². The Hall–Kier alpha value is 0.0938. The van der Waals surface area contributed by atoms with Gasteiger partial charge in [-0.25, -0.2) is 0 Å². The first kappa shape index (κ1) is 21.1. The SMILES string of the molecule is C=C1[C@H]([Si](C)(C)C(C)(C)C)CC(O)(O)C[C@H]1[Si](C)(C)C(C)(C)C. The zero-order valence-electron chi connectivity index (χ0n) is 17.2. The Kier molecular flexibility index (Phi) is 5.35. The van der Waals surface area contributed by atoms with Crippen molar-refractivity contribution in [1.29, 1.82) is 0 Å². The molecule has 0 spiro atoms. The third-order valence-corrected chi connectivity index (χ3v) is 19.9. The molecular formula is C19H40O2Si2. The van der Waals surface area contributed by atoms with Crippen LogP contribution < -0.4 is 0 Å². The van der Waals surface area contributed by atoms with Crippen LogP contribution in [0.4, 0.5) is 0 Å². The summed E-state index contributed by atoms with van der Waals surface area (Å²) in [6.45, 7) is 28.0. The maximum Gasteiger partial charge on any atom is 0.163 e. The maximum absolute atomic E-state index is 10.7. The van der Waals surface area contributed by atoms with Crippen LogP contribution in [0.25, 0.3) is 0 Å². The molecule has 0 aromatic rings. The highest BCUT2D eigenvalue weighted by Gasteiger charge is 2.55. The maximum atomic E-state index is 10.7. The van der Waals surface area contributed by atoms with Crippen LogP contribution in [0, 0.1) is 0 Å². The molecule has 136 valence electrons. The van der Waals surface area contributed by atoms with Crippen LogP contribution in [0.15, 0.2) is 12.2 Å². The fourth-order valence-corrected chi connectivity index (χ4v) is 9.91. The molecule has 0 heterocycles. The van der Waals surface area contributed by atoms with Crippen molar-refractivity contribution in [2.75, 3.05) is 0 Å². The summed E-state index contributed by atoms with van der Waals surface area (Å²) in [7, 11) is -3.47. The third-order valence-electron chi connectivity index (χ3n) is 7.57. The molecule has 0 amide bonds. The summed E-state index contributed by atoms with van der Waals surface area (Å²) in [4.78, 5) is 0. The minimum Gasteiger partial charge on any atom is -0.366 e. The van der Waals surface area contributed by atoms with Gasteiger partial charge in [0.25, 0.3) is 0 Å². The summed E-state index contributed by atoms with van der Waals surface area (Å²) in [6.07, 6.45) is 0.931. The second kappa shape index (κ2) is 5.82. The lowest BCUT2D eigenvalue weighted by molar-refractivity contribution is -0.175. The summed E-state index contributed by atoms with van der Waals surface area (Å²) < 4.78 is 0. The van der Waals surface area contributed by atoms with Crippen molar-refractivity contribution in [2.45, 2.75) is 108 Å². The van der Waals surface area contributed by atoms with E-state index in [1.54, 1.807) is 0 Å². The monoisotopic (exact) mass is 356 g/mol. The van der Waals surface area contributed by atoms with Gasteiger partial charge in [-0.15, -0.1) is 0 Å². The molecule has 0 radical (unpaired) electrons. The largest absolute Gasteiger partial charge is 0.366 e. The van der Waals surface area contributed by atoms with Gasteiger partial charge in [0.2, 0.25) is 0 Å². The number of rotatable bonds is 2. The van der Waals surface area contributed by atoms with Crippen molar-refractivity contribution in [3.05, 3.63) is 12.2 Å². The summed E-state index contributed by atoms with van der Waals surface area (Å²) in [5, 5.41) is 21.7. The van der Waals surface area contributed by atoms with Crippen molar-refractivity contribution >= 4 is 16.1 Å². The Morgan fingerprint density at radius 2 is 1.09 bits per heavy atom. The van der Waals surface area contributed by atoms with Crippen LogP contribution in [0.1, 0.15) is 54.4 Å². The smallest absolute Gasteiger partial charge is 0.163 e. The summed E-state index contributed by atoms with van der Waals surface area (Å²) in [6, 6.07) is 0. The van der Waals surface area contributed by atoms with Gasteiger partial charge >= 0.3 is 0 Å². The molecule has 23 heavy (non-hydrogen) atoms. The molecule has 2 nitrogen and oxygen atoms in total. The Balaban J connectivity index is 3.36. The highest BCUT2D eigenvalue weighted by molar-refractivity contribution is 6.84. The van der Waals surface area contributed by atoms with Crippen LogP contribution in [0.5, 0.6) is 0 Å². The van der Waals surface area contributed by atoms with E-state index in [4.69, 9.17) is 0 Å². The first-order valence-corrected chi connectivity index (χ1v) is 15.1. The van der Waals surface area contributed by atoms with E-state index in [9.17, 15) is 10.2 Å². The van der Waals surface area contributed by atoms with Gasteiger partial charge in [-0.2, -0.15) is 0 Å². The molecular weight excluding hydrogens is 316 g/mol. The van der Waals surface area contributed by atoms with Crippen molar-refractivity contribution in [3.63, 3.8) is 0 Å². The third kappa shape index (κ3) is 3.86. The van der Waals surface area contributed by atoms with E-state index < -0.39 is 21.9 Å². The molecule has 1 aliphatic rings. The molecule has 2 atom stereocenters. The first-order valence-electron chi connectivity index (χ1n) is 8.98. The topological polar surface area (TPSA) is 40.5 Å². The predicted molar refractivity (Wildman–Crippen MR) is 107 cm³/mol. The van der Waals surface area contributed by atoms with Crippen molar-refractivity contribution in [3.8, 4) is 0 Å². The lowest BCUT2D eigenvalue weighted by atomic mass is 9.89. The van der Waals surface area contributed by atoms with E-state index in [1.807, 2.05) is 0 Å². The van der Waals surface area contributed by atoms with Crippen molar-refractivity contribution in [1.82, 2.24) is 0 Å². The molecule has 0 unspecified atom stereocenters. The molecule has 4 heteroatoms. The number of aliphatic hydroxyl groups is 2. The molecule has 0 bridgehead atoms. The second-order valence-electron chi connectivity index (χ2n) is 11.0. The van der Waals surface area contributed by atoms with Gasteiger partial charge in [0.1, 0.15) is 0 Å². The summed E-state index contributed by atoms with van der Waals surface area (Å²) in [5.41, 5.74) is 1.86. The minimum absolute atomic E-state index is 0.214. The molecule has 0 aromatic heterocycles. The molecule has 1 aliphatic carbocycles. The molecule has 0 aromatic carbocycles. The number of hydrogen-bond acceptors (Lipinski definition) is 2. The Bertz CT molecular complexity index is 425. The van der Waals surface area contributed by atoms with Gasteiger partial charge < -0.3 is 10.2 Å². The zero-order chi connectivity index (χ0) is 18.6. The average molecular weight is 357 g/mol. The van der Waals surface area contributed by atoms with E-state index in [0.29, 0.717) is 12.8 Å². The molecule has 0 aliphatic heterocycles. The number of hydrogen-bond donors (Lipinski definition) is 2. The van der Waals surface area contributed by atoms with E-state index in [1.165, 1.54) is 5.57 Å². The van der Waals surface area contributed by atoms with E-state index in [2.05, 4.69) is 74.3 Å². The van der Waals surface area contributed by atoms with Gasteiger partial charge in [-0.3, -0.25) is 0 Å². The highest BCUT2D eigenvalue weighted by atomic mass is 28.3. The molecule has 1 rings (SSSR count). The standard InChI is InChI=1S/C19H40O2Si2/c1-14-15(22(8,9)17(2,3)4)12-19(20,21)13-16(14)23(10,11)18(5,6)7/h15-16,20-21H,1,12-13H2,2-11H3/t15-,16-/m1/s1. The molecule has 2 N–H and O–H groups in total. The quantitative estimate of drug-likeness (QED) is 0.374. The van der Waals surface area contributed by atoms with Gasteiger partial charge in [0.05, 0.1) is 16.1 Å². The van der Waals surface area contributed by atoms with Gasteiger partial charge in [0, 0.05) is 12.8 Å². The summed E-state index contributed by atoms with van der Waals surface area (Å²) >= 11 is 0. The van der Waals surface area contributed by atoms with Crippen LogP contribution in [0.2, 0.25) is 47.3 Å². The van der Waals surface area contributed by atoms with Crippen LogP contribution in [-0.4, -0.2) is 32.1 Å². The molecule has 0 saturated heterocycles. The van der Waals surface area contributed by atoms with Gasteiger partial charge in [-0.05, 0) is 21.2 Å². The van der Waals surface area contributed by atoms with Crippen molar-refractivity contribution < 1.29 is 10.2 Å². The Morgan fingerprint density at radius 3 is 1.30 bits per heavy atom. The Labute approximate surface area is 146 Å². The fourth-order valence-electron chi connectivity index (χ4n) is 3.72. The Morgan fingerprint density at radius 1 is 0.826 bits per heavy atom. The second-order valence-corrected chi connectivity index (χ2v) is 22.3. The summed E-state index contributed by atoms with van der Waals surface area (Å²) in [5.74, 6) is -1.54. The average Bonchev–Trinajstić information content (AvgIpc) is 2.28. The van der Waals surface area contributed by atoms with Crippen LogP contribution in [-0.2, 0) is 0 Å². The minimum atomic E-state index is -1.73. The van der Waals surface area contributed by atoms with Crippen LogP contribution in [0.3, 0.4) is 0 Å². The van der Waals surface area contributed by atoms with E-state index in [-0.39, 0.29) is 21.2 Å². The van der Waals surface area contributed by atoms with Crippen molar-refractivity contribution in [2.24, 2.45) is 0 Å². The molecule has 1 saturated carbocycles. The first-order chi connectivity index (χ1) is 9.84. The molecule has 1 fully saturated rings. The van der Waals surface area contributed by atoms with Gasteiger partial charge in [-0.1, -0.05) is 79.9 Å². The van der Waals surface area contributed by atoms with E-state index in [0.717, 1.165) is 0 Å². The normalized spacial score (nSPS) is 27.2. The lowest BCUT2D eigenvalue weighted by Gasteiger charge is -2.55. The van der Waals surface area contributed by atoms with E-state index >= 15 is 0 Å². The lowest BCUT2D eigenvalue weighted by Crippen LogP contribution is -2.54. The highest BCUT2D eigenvalue weighted by Crippen LogP contribution is 2.60. The predicted octanol–water partition coefficient (Wildman–Crippen LogP) is 5.77. The fraction of sp³-hybridized carbons (Fsp3) is 0.895. The van der Waals surface area contributed by atoms with Gasteiger partial charge in [0.15, 0.2) is 5.79 Å².